The van der Waals surface area contributed by atoms with Crippen molar-refractivity contribution >= 4 is 12.7 Å². The summed E-state index contributed by atoms with van der Waals surface area (Å²) in [6.07, 6.45) is 0. The molecule has 3 aromatic rings. The van der Waals surface area contributed by atoms with Gasteiger partial charge in [0, 0.05) is 18.0 Å². The van der Waals surface area contributed by atoms with Crippen LogP contribution in [-0.4, -0.2) is 12.2 Å². The minimum atomic E-state index is -3.31. The van der Waals surface area contributed by atoms with Crippen molar-refractivity contribution in [3.05, 3.63) is 95.6 Å². The molecule has 0 aliphatic carbocycles. The molecule has 0 saturated carbocycles. The Kier molecular flexibility index (Phi) is 5.08. The molecule has 0 aliphatic rings. The Morgan fingerprint density at radius 3 is 2.12 bits per heavy atom. The molecule has 0 fully saturated rings. The fourth-order valence-corrected chi connectivity index (χ4v) is 5.53. The van der Waals surface area contributed by atoms with Gasteiger partial charge in [-0.25, -0.2) is 0 Å². The Balaban J connectivity index is 2.28. The van der Waals surface area contributed by atoms with Gasteiger partial charge in [-0.1, -0.05) is 66.2 Å². The van der Waals surface area contributed by atoms with Crippen LogP contribution in [0.15, 0.2) is 78.9 Å². The predicted molar refractivity (Wildman–Crippen MR) is 102 cm³/mol. The Bertz CT molecular complexity index is 892. The minimum absolute atomic E-state index is 0.118. The SMILES string of the molecule is COP(=O)(c1ccccc1)C(c1ccccc1)c1cc(C)ccc1O. The summed E-state index contributed by atoms with van der Waals surface area (Å²) in [6.45, 7) is 1.95. The van der Waals surface area contributed by atoms with Gasteiger partial charge in [-0.05, 0) is 30.7 Å². The lowest BCUT2D eigenvalue weighted by Crippen LogP contribution is -2.14. The molecule has 128 valence electrons. The number of benzene rings is 3. The zero-order valence-electron chi connectivity index (χ0n) is 14.3. The quantitative estimate of drug-likeness (QED) is 0.654. The van der Waals surface area contributed by atoms with Gasteiger partial charge >= 0.3 is 0 Å². The molecule has 25 heavy (non-hydrogen) atoms. The highest BCUT2D eigenvalue weighted by molar-refractivity contribution is 7.67. The van der Waals surface area contributed by atoms with Gasteiger partial charge in [0.25, 0.3) is 0 Å². The Hall–Kier alpha value is -2.35. The third-order valence-corrected chi connectivity index (χ3v) is 7.14. The third-order valence-electron chi connectivity index (χ3n) is 4.32. The standard InChI is InChI=1S/C21H21O3P/c1-16-13-14-20(22)19(15-16)21(17-9-5-3-6-10-17)25(23,24-2)18-11-7-4-8-12-18/h3-15,21-22H,1-2H3. The van der Waals surface area contributed by atoms with Crippen molar-refractivity contribution in [1.29, 1.82) is 0 Å². The first-order valence-corrected chi connectivity index (χ1v) is 9.81. The van der Waals surface area contributed by atoms with Gasteiger partial charge in [-0.3, -0.25) is 4.57 Å². The number of rotatable bonds is 5. The van der Waals surface area contributed by atoms with Gasteiger partial charge < -0.3 is 9.63 Å². The topological polar surface area (TPSA) is 46.5 Å². The van der Waals surface area contributed by atoms with Crippen LogP contribution in [0.1, 0.15) is 22.3 Å². The number of phenols is 1. The monoisotopic (exact) mass is 352 g/mol. The van der Waals surface area contributed by atoms with Crippen LogP contribution in [0.2, 0.25) is 0 Å². The molecular formula is C21H21O3P. The van der Waals surface area contributed by atoms with E-state index in [0.717, 1.165) is 11.1 Å². The molecule has 0 spiro atoms. The Morgan fingerprint density at radius 1 is 0.920 bits per heavy atom. The summed E-state index contributed by atoms with van der Waals surface area (Å²) < 4.78 is 19.6. The molecular weight excluding hydrogens is 331 g/mol. The smallest absolute Gasteiger partial charge is 0.243 e. The summed E-state index contributed by atoms with van der Waals surface area (Å²) in [6, 6.07) is 24.1. The van der Waals surface area contributed by atoms with Crippen LogP contribution < -0.4 is 5.30 Å². The lowest BCUT2D eigenvalue weighted by atomic mass is 10.0. The van der Waals surface area contributed by atoms with Gasteiger partial charge in [0.2, 0.25) is 7.37 Å². The van der Waals surface area contributed by atoms with E-state index >= 15 is 0 Å². The van der Waals surface area contributed by atoms with E-state index in [0.29, 0.717) is 10.9 Å². The molecule has 0 saturated heterocycles. The lowest BCUT2D eigenvalue weighted by Gasteiger charge is -2.28. The average molecular weight is 352 g/mol. The van der Waals surface area contributed by atoms with Gasteiger partial charge in [-0.15, -0.1) is 0 Å². The molecule has 1 N–H and O–H groups in total. The van der Waals surface area contributed by atoms with Gasteiger partial charge in [0.1, 0.15) is 5.75 Å². The molecule has 2 unspecified atom stereocenters. The second-order valence-electron chi connectivity index (χ2n) is 5.99. The fourth-order valence-electron chi connectivity index (χ4n) is 3.08. The van der Waals surface area contributed by atoms with E-state index in [1.807, 2.05) is 79.7 Å². The number of phenolic OH excluding ortho intramolecular Hbond substituents is 1. The van der Waals surface area contributed by atoms with Crippen molar-refractivity contribution in [3.8, 4) is 5.75 Å². The maximum absolute atomic E-state index is 14.0. The van der Waals surface area contributed by atoms with E-state index in [1.165, 1.54) is 7.11 Å². The predicted octanol–water partition coefficient (Wildman–Crippen LogP) is 5.04. The highest BCUT2D eigenvalue weighted by Gasteiger charge is 2.39. The maximum atomic E-state index is 14.0. The van der Waals surface area contributed by atoms with Gasteiger partial charge in [0.05, 0.1) is 5.66 Å². The molecule has 3 rings (SSSR count). The van der Waals surface area contributed by atoms with E-state index < -0.39 is 13.0 Å². The molecule has 0 aromatic heterocycles. The van der Waals surface area contributed by atoms with Crippen molar-refractivity contribution in [2.24, 2.45) is 0 Å². The summed E-state index contributed by atoms with van der Waals surface area (Å²) in [5, 5.41) is 11.1. The number of aryl methyl sites for hydroxylation is 1. The Labute approximate surface area is 148 Å². The molecule has 2 atom stereocenters. The second kappa shape index (κ2) is 7.26. The molecule has 0 amide bonds. The molecule has 0 heterocycles. The zero-order chi connectivity index (χ0) is 17.9. The number of hydrogen-bond acceptors (Lipinski definition) is 3. The number of aromatic hydroxyl groups is 1. The van der Waals surface area contributed by atoms with Crippen molar-refractivity contribution < 1.29 is 14.2 Å². The van der Waals surface area contributed by atoms with Crippen LogP contribution in [0.3, 0.4) is 0 Å². The maximum Gasteiger partial charge on any atom is 0.243 e. The van der Waals surface area contributed by atoms with E-state index in [-0.39, 0.29) is 5.75 Å². The van der Waals surface area contributed by atoms with Crippen LogP contribution in [0.5, 0.6) is 5.75 Å². The first-order valence-electron chi connectivity index (χ1n) is 8.12. The van der Waals surface area contributed by atoms with E-state index in [2.05, 4.69) is 0 Å². The molecule has 3 nitrogen and oxygen atoms in total. The van der Waals surface area contributed by atoms with E-state index in [9.17, 15) is 9.67 Å². The summed E-state index contributed by atoms with van der Waals surface area (Å²) in [5.74, 6) is 0.118. The summed E-state index contributed by atoms with van der Waals surface area (Å²) in [4.78, 5) is 0. The summed E-state index contributed by atoms with van der Waals surface area (Å²) in [7, 11) is -1.84. The van der Waals surface area contributed by atoms with Gasteiger partial charge in [-0.2, -0.15) is 0 Å². The highest BCUT2D eigenvalue weighted by atomic mass is 31.2. The minimum Gasteiger partial charge on any atom is -0.508 e. The van der Waals surface area contributed by atoms with Crippen molar-refractivity contribution in [3.63, 3.8) is 0 Å². The summed E-state index contributed by atoms with van der Waals surface area (Å²) in [5.41, 5.74) is 1.86. The molecule has 0 aliphatic heterocycles. The molecule has 0 radical (unpaired) electrons. The number of hydrogen-bond donors (Lipinski definition) is 1. The van der Waals surface area contributed by atoms with Crippen LogP contribution >= 0.6 is 7.37 Å². The zero-order valence-corrected chi connectivity index (χ0v) is 15.2. The molecule has 0 bridgehead atoms. The van der Waals surface area contributed by atoms with Crippen LogP contribution in [0.4, 0.5) is 0 Å². The van der Waals surface area contributed by atoms with Gasteiger partial charge in [0.15, 0.2) is 0 Å². The van der Waals surface area contributed by atoms with E-state index in [1.54, 1.807) is 6.07 Å². The van der Waals surface area contributed by atoms with Crippen molar-refractivity contribution in [1.82, 2.24) is 0 Å². The van der Waals surface area contributed by atoms with Crippen LogP contribution in [0.25, 0.3) is 0 Å². The molecule has 3 aromatic carbocycles. The van der Waals surface area contributed by atoms with Crippen molar-refractivity contribution in [2.45, 2.75) is 12.6 Å². The fraction of sp³-hybridized carbons (Fsp3) is 0.143. The summed E-state index contributed by atoms with van der Waals surface area (Å²) >= 11 is 0. The van der Waals surface area contributed by atoms with Crippen LogP contribution in [0, 0.1) is 6.92 Å². The first kappa shape index (κ1) is 17.5. The molecule has 4 heteroatoms. The largest absolute Gasteiger partial charge is 0.508 e. The van der Waals surface area contributed by atoms with E-state index in [4.69, 9.17) is 4.52 Å². The normalized spacial score (nSPS) is 14.6. The third kappa shape index (κ3) is 3.39. The average Bonchev–Trinajstić information content (AvgIpc) is 2.66. The van der Waals surface area contributed by atoms with Crippen LogP contribution in [-0.2, 0) is 9.09 Å². The lowest BCUT2D eigenvalue weighted by molar-refractivity contribution is 0.395. The Morgan fingerprint density at radius 2 is 1.52 bits per heavy atom. The highest BCUT2D eigenvalue weighted by Crippen LogP contribution is 2.62. The van der Waals surface area contributed by atoms with Crippen molar-refractivity contribution in [2.75, 3.05) is 7.11 Å². The second-order valence-corrected chi connectivity index (χ2v) is 8.58. The first-order chi connectivity index (χ1) is 12.1.